The van der Waals surface area contributed by atoms with Crippen molar-refractivity contribution in [1.29, 1.82) is 0 Å². The van der Waals surface area contributed by atoms with Crippen LogP contribution in [0, 0.1) is 5.82 Å². The molecule has 5 nitrogen and oxygen atoms in total. The van der Waals surface area contributed by atoms with Crippen molar-refractivity contribution >= 4 is 29.2 Å². The fourth-order valence-corrected chi connectivity index (χ4v) is 3.26. The Morgan fingerprint density at radius 1 is 1.22 bits per heavy atom. The van der Waals surface area contributed by atoms with Gasteiger partial charge in [-0.25, -0.2) is 9.18 Å². The number of hydrogen-bond acceptors (Lipinski definition) is 3. The summed E-state index contributed by atoms with van der Waals surface area (Å²) in [5.41, 5.74) is 1.21. The summed E-state index contributed by atoms with van der Waals surface area (Å²) in [5.74, 6) is 0.728. The number of carbonyl (C=O) groups is 1. The summed E-state index contributed by atoms with van der Waals surface area (Å²) in [5, 5.41) is 3.57. The average Bonchev–Trinajstić information content (AvgIpc) is 2.64. The van der Waals surface area contributed by atoms with Gasteiger partial charge in [0.25, 0.3) is 0 Å². The Kier molecular flexibility index (Phi) is 6.29. The van der Waals surface area contributed by atoms with Gasteiger partial charge in [0.15, 0.2) is 11.5 Å². The van der Waals surface area contributed by atoms with Crippen LogP contribution in [0.1, 0.15) is 11.1 Å². The normalized spacial score (nSPS) is 12.6. The SMILES string of the molecule is CN(Cc1c(F)cccc1Cl)C(=O)NCCc1cc(Cl)c2c(c1)OCCO2. The molecule has 27 heavy (non-hydrogen) atoms. The highest BCUT2D eigenvalue weighted by molar-refractivity contribution is 6.32. The second kappa shape index (κ2) is 8.67. The van der Waals surface area contributed by atoms with Gasteiger partial charge >= 0.3 is 6.03 Å². The van der Waals surface area contributed by atoms with E-state index in [1.807, 2.05) is 6.07 Å². The molecule has 1 aliphatic rings. The summed E-state index contributed by atoms with van der Waals surface area (Å²) in [4.78, 5) is 13.6. The first kappa shape index (κ1) is 19.6. The first-order valence-electron chi connectivity index (χ1n) is 8.45. The summed E-state index contributed by atoms with van der Waals surface area (Å²) in [6.07, 6.45) is 0.566. The molecule has 1 heterocycles. The van der Waals surface area contributed by atoms with E-state index in [2.05, 4.69) is 5.32 Å². The molecule has 3 rings (SSSR count). The molecule has 0 saturated carbocycles. The van der Waals surface area contributed by atoms with Crippen LogP contribution in [0.2, 0.25) is 10.0 Å². The van der Waals surface area contributed by atoms with Crippen LogP contribution in [-0.2, 0) is 13.0 Å². The number of rotatable bonds is 5. The van der Waals surface area contributed by atoms with Gasteiger partial charge in [-0.15, -0.1) is 0 Å². The van der Waals surface area contributed by atoms with Gasteiger partial charge in [0.2, 0.25) is 0 Å². The third-order valence-electron chi connectivity index (χ3n) is 4.15. The Bertz CT molecular complexity index is 828. The lowest BCUT2D eigenvalue weighted by Gasteiger charge is -2.21. The number of nitrogens with zero attached hydrogens (tertiary/aromatic N) is 1. The van der Waals surface area contributed by atoms with E-state index in [0.717, 1.165) is 5.56 Å². The Morgan fingerprint density at radius 2 is 2.00 bits per heavy atom. The van der Waals surface area contributed by atoms with Crippen LogP contribution in [-0.4, -0.2) is 37.7 Å². The zero-order valence-electron chi connectivity index (χ0n) is 14.7. The minimum atomic E-state index is -0.437. The molecule has 0 bridgehead atoms. The van der Waals surface area contributed by atoms with Gasteiger partial charge < -0.3 is 19.7 Å². The van der Waals surface area contributed by atoms with Gasteiger partial charge in [-0.3, -0.25) is 0 Å². The van der Waals surface area contributed by atoms with Gasteiger partial charge in [-0.2, -0.15) is 0 Å². The third-order valence-corrected chi connectivity index (χ3v) is 4.79. The van der Waals surface area contributed by atoms with Crippen LogP contribution in [0.3, 0.4) is 0 Å². The first-order chi connectivity index (χ1) is 13.0. The Balaban J connectivity index is 1.54. The lowest BCUT2D eigenvalue weighted by molar-refractivity contribution is 0.171. The molecule has 0 fully saturated rings. The van der Waals surface area contributed by atoms with E-state index in [-0.39, 0.29) is 18.1 Å². The lowest BCUT2D eigenvalue weighted by Crippen LogP contribution is -2.38. The largest absolute Gasteiger partial charge is 0.486 e. The van der Waals surface area contributed by atoms with E-state index in [9.17, 15) is 9.18 Å². The van der Waals surface area contributed by atoms with Crippen molar-refractivity contribution in [3.63, 3.8) is 0 Å². The molecule has 0 radical (unpaired) electrons. The number of ether oxygens (including phenoxy) is 2. The molecule has 2 aromatic carbocycles. The van der Waals surface area contributed by atoms with Crippen molar-refractivity contribution in [3.8, 4) is 11.5 Å². The van der Waals surface area contributed by atoms with E-state index < -0.39 is 5.82 Å². The fourth-order valence-electron chi connectivity index (χ4n) is 2.75. The van der Waals surface area contributed by atoms with Crippen LogP contribution < -0.4 is 14.8 Å². The summed E-state index contributed by atoms with van der Waals surface area (Å²) in [6.45, 7) is 1.42. The molecule has 0 atom stereocenters. The van der Waals surface area contributed by atoms with Crippen molar-refractivity contribution in [2.45, 2.75) is 13.0 Å². The van der Waals surface area contributed by atoms with Gasteiger partial charge in [-0.1, -0.05) is 29.3 Å². The number of hydrogen-bond donors (Lipinski definition) is 1. The zero-order chi connectivity index (χ0) is 19.4. The maximum Gasteiger partial charge on any atom is 0.317 e. The molecule has 1 N–H and O–H groups in total. The molecular weight excluding hydrogens is 394 g/mol. The van der Waals surface area contributed by atoms with Crippen LogP contribution in [0.15, 0.2) is 30.3 Å². The second-order valence-electron chi connectivity index (χ2n) is 6.14. The number of fused-ring (bicyclic) bond motifs is 1. The van der Waals surface area contributed by atoms with Crippen molar-refractivity contribution in [3.05, 3.63) is 57.3 Å². The number of nitrogens with one attached hydrogen (secondary N) is 1. The summed E-state index contributed by atoms with van der Waals surface area (Å²) >= 11 is 12.2. The van der Waals surface area contributed by atoms with E-state index in [0.29, 0.717) is 47.7 Å². The van der Waals surface area contributed by atoms with Crippen molar-refractivity contribution in [2.75, 3.05) is 26.8 Å². The van der Waals surface area contributed by atoms with Crippen molar-refractivity contribution in [2.24, 2.45) is 0 Å². The van der Waals surface area contributed by atoms with Gasteiger partial charge in [0.1, 0.15) is 19.0 Å². The van der Waals surface area contributed by atoms with E-state index in [1.165, 1.54) is 17.0 Å². The number of carbonyl (C=O) groups excluding carboxylic acids is 1. The predicted octanol–water partition coefficient (Wildman–Crippen LogP) is 4.29. The number of benzene rings is 2. The van der Waals surface area contributed by atoms with Crippen LogP contribution in [0.5, 0.6) is 11.5 Å². The molecule has 2 aromatic rings. The quantitative estimate of drug-likeness (QED) is 0.796. The minimum Gasteiger partial charge on any atom is -0.486 e. The zero-order valence-corrected chi connectivity index (χ0v) is 16.2. The smallest absolute Gasteiger partial charge is 0.317 e. The van der Waals surface area contributed by atoms with Crippen LogP contribution in [0.4, 0.5) is 9.18 Å². The Hall–Kier alpha value is -2.18. The molecule has 2 amide bonds. The molecule has 0 aliphatic carbocycles. The molecule has 0 unspecified atom stereocenters. The molecular formula is C19H19Cl2FN2O3. The number of urea groups is 1. The number of amides is 2. The monoisotopic (exact) mass is 412 g/mol. The highest BCUT2D eigenvalue weighted by Gasteiger charge is 2.17. The second-order valence-corrected chi connectivity index (χ2v) is 6.95. The first-order valence-corrected chi connectivity index (χ1v) is 9.21. The van der Waals surface area contributed by atoms with Gasteiger partial charge in [0.05, 0.1) is 11.6 Å². The molecule has 0 spiro atoms. The predicted molar refractivity (Wildman–Crippen MR) is 102 cm³/mol. The van der Waals surface area contributed by atoms with E-state index in [4.69, 9.17) is 32.7 Å². The maximum atomic E-state index is 13.8. The highest BCUT2D eigenvalue weighted by Crippen LogP contribution is 2.38. The van der Waals surface area contributed by atoms with Gasteiger partial charge in [-0.05, 0) is 36.2 Å². The summed E-state index contributed by atoms with van der Waals surface area (Å²) in [6, 6.07) is 7.77. The molecule has 1 aliphatic heterocycles. The molecule has 0 aromatic heterocycles. The van der Waals surface area contributed by atoms with E-state index in [1.54, 1.807) is 19.2 Å². The van der Waals surface area contributed by atoms with Crippen molar-refractivity contribution in [1.82, 2.24) is 10.2 Å². The van der Waals surface area contributed by atoms with E-state index >= 15 is 0 Å². The summed E-state index contributed by atoms with van der Waals surface area (Å²) in [7, 11) is 1.58. The molecule has 144 valence electrons. The van der Waals surface area contributed by atoms with Crippen LogP contribution >= 0.6 is 23.2 Å². The number of halogens is 3. The Morgan fingerprint density at radius 3 is 2.78 bits per heavy atom. The minimum absolute atomic E-state index is 0.0766. The standard InChI is InChI=1S/C19H19Cl2FN2O3/c1-24(11-13-14(20)3-2-4-16(13)22)19(25)23-6-5-12-9-15(21)18-17(10-12)26-7-8-27-18/h2-4,9-10H,5-8,11H2,1H3,(H,23,25). The topological polar surface area (TPSA) is 50.8 Å². The summed E-state index contributed by atoms with van der Waals surface area (Å²) < 4.78 is 24.9. The molecule has 0 saturated heterocycles. The maximum absolute atomic E-state index is 13.8. The Labute approximate surface area is 167 Å². The highest BCUT2D eigenvalue weighted by atomic mass is 35.5. The van der Waals surface area contributed by atoms with Crippen molar-refractivity contribution < 1.29 is 18.7 Å². The fraction of sp³-hybridized carbons (Fsp3) is 0.316. The van der Waals surface area contributed by atoms with Crippen LogP contribution in [0.25, 0.3) is 0 Å². The third kappa shape index (κ3) is 4.76. The molecule has 8 heteroatoms. The van der Waals surface area contributed by atoms with Gasteiger partial charge in [0, 0.05) is 24.2 Å². The average molecular weight is 413 g/mol. The lowest BCUT2D eigenvalue weighted by atomic mass is 10.1.